The number of rotatable bonds is 10. The van der Waals surface area contributed by atoms with E-state index in [0.29, 0.717) is 19.4 Å². The Balaban J connectivity index is 0.000000407. The zero-order valence-electron chi connectivity index (χ0n) is 16.8. The Morgan fingerprint density at radius 1 is 1.16 bits per heavy atom. The third kappa shape index (κ3) is 8.45. The molecule has 0 fully saturated rings. The molecule has 1 heterocycles. The van der Waals surface area contributed by atoms with E-state index < -0.39 is 30.2 Å². The number of thioether (sulfide) groups is 1. The number of H-pyrrole nitrogens is 1. The van der Waals surface area contributed by atoms with Gasteiger partial charge in [-0.15, -0.1) is 0 Å². The highest BCUT2D eigenvalue weighted by Gasteiger charge is 2.29. The second-order valence-corrected chi connectivity index (χ2v) is 7.52. The number of amides is 1. The highest BCUT2D eigenvalue weighted by Crippen LogP contribution is 2.23. The minimum atomic E-state index is -2.27. The number of carboxylic acids is 2. The van der Waals surface area contributed by atoms with Crippen LogP contribution in [0.25, 0.3) is 10.9 Å². The molecule has 172 valence electrons. The van der Waals surface area contributed by atoms with E-state index in [1.807, 2.05) is 18.5 Å². The number of carboxylic acid groups (broad SMARTS) is 2. The highest BCUT2D eigenvalue weighted by molar-refractivity contribution is 7.98. The molecule has 0 unspecified atom stereocenters. The normalized spacial score (nSPS) is 13.5. The summed E-state index contributed by atoms with van der Waals surface area (Å²) in [5.74, 6) is -2.51. The number of aliphatic hydroxyl groups is 2. The Hall–Kier alpha value is -2.80. The Kier molecular flexibility index (Phi) is 10.8. The van der Waals surface area contributed by atoms with Gasteiger partial charge in [0.25, 0.3) is 0 Å². The van der Waals surface area contributed by atoms with Crippen molar-refractivity contribution in [3.05, 3.63) is 30.0 Å². The number of aliphatic carboxylic acids is 2. The van der Waals surface area contributed by atoms with Crippen molar-refractivity contribution < 1.29 is 39.9 Å². The summed E-state index contributed by atoms with van der Waals surface area (Å²) in [7, 11) is 0. The average molecular weight is 458 g/mol. The topological polar surface area (TPSA) is 206 Å². The lowest BCUT2D eigenvalue weighted by Crippen LogP contribution is -2.41. The van der Waals surface area contributed by atoms with Gasteiger partial charge in [-0.3, -0.25) is 4.79 Å². The number of carbonyl (C=O) groups excluding carboxylic acids is 1. The molecule has 9 N–H and O–H groups in total. The first kappa shape index (κ1) is 26.2. The molecular formula is C19H27N3O8S. The van der Waals surface area contributed by atoms with Crippen LogP contribution in [0.15, 0.2) is 24.4 Å². The zero-order valence-corrected chi connectivity index (χ0v) is 17.6. The second-order valence-electron chi connectivity index (χ2n) is 6.54. The van der Waals surface area contributed by atoms with E-state index in [2.05, 4.69) is 10.3 Å². The van der Waals surface area contributed by atoms with Crippen LogP contribution in [0, 0.1) is 0 Å². The quantitative estimate of drug-likeness (QED) is 0.229. The van der Waals surface area contributed by atoms with Gasteiger partial charge in [-0.1, -0.05) is 0 Å². The predicted octanol–water partition coefficient (Wildman–Crippen LogP) is -0.510. The van der Waals surface area contributed by atoms with E-state index in [1.165, 1.54) is 0 Å². The van der Waals surface area contributed by atoms with Crippen molar-refractivity contribution >= 4 is 40.5 Å². The van der Waals surface area contributed by atoms with Crippen molar-refractivity contribution in [2.24, 2.45) is 5.73 Å². The molecule has 1 amide bonds. The molecule has 31 heavy (non-hydrogen) atoms. The number of hydrogen-bond donors (Lipinski definition) is 8. The fourth-order valence-electron chi connectivity index (χ4n) is 2.47. The Bertz CT molecular complexity index is 870. The molecule has 2 rings (SSSR count). The van der Waals surface area contributed by atoms with Gasteiger partial charge in [-0.05, 0) is 48.6 Å². The van der Waals surface area contributed by atoms with E-state index in [4.69, 9.17) is 26.2 Å². The number of nitrogens with one attached hydrogen (secondary N) is 2. The molecule has 0 bridgehead atoms. The lowest BCUT2D eigenvalue weighted by atomic mass is 10.1. The van der Waals surface area contributed by atoms with Crippen LogP contribution in [0.3, 0.4) is 0 Å². The van der Waals surface area contributed by atoms with Gasteiger partial charge in [-0.25, -0.2) is 9.59 Å². The molecule has 1 aromatic heterocycles. The molecule has 0 saturated carbocycles. The highest BCUT2D eigenvalue weighted by atomic mass is 32.2. The summed E-state index contributed by atoms with van der Waals surface area (Å²) in [5, 5.41) is 45.9. The Morgan fingerprint density at radius 2 is 1.77 bits per heavy atom. The molecule has 12 heteroatoms. The van der Waals surface area contributed by atoms with Gasteiger partial charge in [0.1, 0.15) is 5.75 Å². The predicted molar refractivity (Wildman–Crippen MR) is 115 cm³/mol. The van der Waals surface area contributed by atoms with Gasteiger partial charge in [0.15, 0.2) is 12.2 Å². The molecule has 0 aliphatic carbocycles. The summed E-state index contributed by atoms with van der Waals surface area (Å²) in [5.41, 5.74) is 7.85. The smallest absolute Gasteiger partial charge is 0.335 e. The molecular weight excluding hydrogens is 430 g/mol. The van der Waals surface area contributed by atoms with Crippen LogP contribution in [0.5, 0.6) is 5.75 Å². The number of benzene rings is 1. The molecule has 0 radical (unpaired) electrons. The number of fused-ring (bicyclic) bond motifs is 1. The van der Waals surface area contributed by atoms with Crippen molar-refractivity contribution in [3.8, 4) is 5.75 Å². The lowest BCUT2D eigenvalue weighted by molar-refractivity contribution is -0.165. The van der Waals surface area contributed by atoms with Crippen LogP contribution >= 0.6 is 11.8 Å². The van der Waals surface area contributed by atoms with Gasteiger partial charge < -0.3 is 41.6 Å². The summed E-state index contributed by atoms with van der Waals surface area (Å²) in [6.07, 6.45) is 0.759. The van der Waals surface area contributed by atoms with E-state index in [1.54, 1.807) is 23.9 Å². The molecule has 1 aromatic carbocycles. The summed E-state index contributed by atoms with van der Waals surface area (Å²) < 4.78 is 0. The first-order valence-electron chi connectivity index (χ1n) is 9.21. The zero-order chi connectivity index (χ0) is 23.6. The maximum absolute atomic E-state index is 11.8. The summed E-state index contributed by atoms with van der Waals surface area (Å²) in [6, 6.07) is 4.78. The third-order valence-electron chi connectivity index (χ3n) is 4.22. The van der Waals surface area contributed by atoms with Crippen LogP contribution in [0.1, 0.15) is 12.0 Å². The number of aliphatic hydroxyl groups excluding tert-OH is 2. The van der Waals surface area contributed by atoms with Crippen molar-refractivity contribution in [2.75, 3.05) is 18.6 Å². The maximum Gasteiger partial charge on any atom is 0.335 e. The van der Waals surface area contributed by atoms with Crippen molar-refractivity contribution in [1.82, 2.24) is 10.3 Å². The fraction of sp³-hybridized carbons (Fsp3) is 0.421. The summed E-state index contributed by atoms with van der Waals surface area (Å²) >= 11 is 1.68. The molecule has 0 aliphatic heterocycles. The van der Waals surface area contributed by atoms with Crippen LogP contribution < -0.4 is 11.1 Å². The standard InChI is InChI=1S/C15H21N3O2S.C4H6O6/c1-21-7-5-13(16)15(20)17-6-4-10-9-18-14-3-2-11(19)8-12(10)14;5-1(3(7)8)2(6)4(9)10/h2-3,8-9,13,18-19H,4-7,16H2,1H3,(H,17,20);1-2,5-6H,(H,7,8)(H,9,10)/t13-;1-,2-/m01/s1. The number of phenols is 1. The number of hydrogen-bond acceptors (Lipinski definition) is 8. The number of aromatic amines is 1. The third-order valence-corrected chi connectivity index (χ3v) is 4.86. The van der Waals surface area contributed by atoms with Gasteiger partial charge in [0.2, 0.25) is 5.91 Å². The first-order chi connectivity index (χ1) is 14.6. The monoisotopic (exact) mass is 457 g/mol. The maximum atomic E-state index is 11.8. The second kappa shape index (κ2) is 12.8. The van der Waals surface area contributed by atoms with Crippen LogP contribution in [0.2, 0.25) is 0 Å². The SMILES string of the molecule is CSCC[C@H](N)C(=O)NCCc1c[nH]c2ccc(O)cc12.O=C(O)[C@H](O)[C@@H](O)C(=O)O. The summed E-state index contributed by atoms with van der Waals surface area (Å²) in [6.45, 7) is 0.536. The van der Waals surface area contributed by atoms with Crippen molar-refractivity contribution in [1.29, 1.82) is 0 Å². The van der Waals surface area contributed by atoms with Gasteiger partial charge in [0, 0.05) is 23.6 Å². The van der Waals surface area contributed by atoms with E-state index >= 15 is 0 Å². The molecule has 0 saturated heterocycles. The minimum absolute atomic E-state index is 0.105. The molecule has 11 nitrogen and oxygen atoms in total. The number of aromatic hydroxyl groups is 1. The lowest BCUT2D eigenvalue weighted by Gasteiger charge is -2.11. The van der Waals surface area contributed by atoms with Crippen molar-refractivity contribution in [3.63, 3.8) is 0 Å². The number of carbonyl (C=O) groups is 3. The number of phenolic OH excluding ortho intramolecular Hbond substituents is 1. The molecule has 2 aromatic rings. The van der Waals surface area contributed by atoms with Crippen LogP contribution in [-0.2, 0) is 20.8 Å². The fourth-order valence-corrected chi connectivity index (χ4v) is 2.96. The van der Waals surface area contributed by atoms with Crippen LogP contribution in [-0.4, -0.2) is 85.2 Å². The van der Waals surface area contributed by atoms with Gasteiger partial charge in [0.05, 0.1) is 6.04 Å². The van der Waals surface area contributed by atoms with Gasteiger partial charge >= 0.3 is 11.9 Å². The summed E-state index contributed by atoms with van der Waals surface area (Å²) in [4.78, 5) is 34.5. The largest absolute Gasteiger partial charge is 0.508 e. The number of aromatic nitrogens is 1. The van der Waals surface area contributed by atoms with E-state index in [9.17, 15) is 19.5 Å². The first-order valence-corrected chi connectivity index (χ1v) is 10.6. The molecule has 0 spiro atoms. The van der Waals surface area contributed by atoms with E-state index in [0.717, 1.165) is 22.2 Å². The van der Waals surface area contributed by atoms with Crippen LogP contribution in [0.4, 0.5) is 0 Å². The molecule has 0 aliphatic rings. The Morgan fingerprint density at radius 3 is 2.32 bits per heavy atom. The van der Waals surface area contributed by atoms with Crippen molar-refractivity contribution in [2.45, 2.75) is 31.1 Å². The van der Waals surface area contributed by atoms with E-state index in [-0.39, 0.29) is 11.7 Å². The average Bonchev–Trinajstić information content (AvgIpc) is 3.13. The Labute approximate surface area is 182 Å². The minimum Gasteiger partial charge on any atom is -0.508 e. The molecule has 3 atom stereocenters. The van der Waals surface area contributed by atoms with Gasteiger partial charge in [-0.2, -0.15) is 11.8 Å². The number of nitrogens with two attached hydrogens (primary N) is 1.